The van der Waals surface area contributed by atoms with E-state index in [9.17, 15) is 9.59 Å². The summed E-state index contributed by atoms with van der Waals surface area (Å²) in [6.45, 7) is 6.54. The van der Waals surface area contributed by atoms with Crippen LogP contribution in [0.4, 0.5) is 0 Å². The Labute approximate surface area is 165 Å². The van der Waals surface area contributed by atoms with Crippen molar-refractivity contribution in [2.45, 2.75) is 51.4 Å². The maximum atomic E-state index is 11.7. The number of nitrogens with one attached hydrogen (secondary N) is 5. The lowest BCUT2D eigenvalue weighted by Gasteiger charge is -2.07. The zero-order valence-electron chi connectivity index (χ0n) is 17.2. The second kappa shape index (κ2) is 21.1. The third-order valence-corrected chi connectivity index (χ3v) is 4.11. The van der Waals surface area contributed by atoms with Crippen LogP contribution >= 0.6 is 0 Å². The van der Waals surface area contributed by atoms with Crippen LogP contribution in [-0.2, 0) is 9.59 Å². The highest BCUT2D eigenvalue weighted by Crippen LogP contribution is 1.98. The van der Waals surface area contributed by atoms with Crippen LogP contribution in [0.25, 0.3) is 0 Å². The molecule has 0 aliphatic heterocycles. The molecule has 0 spiro atoms. The topological polar surface area (TPSA) is 120 Å². The van der Waals surface area contributed by atoms with E-state index >= 15 is 0 Å². The highest BCUT2D eigenvalue weighted by atomic mass is 16.2. The molecule has 0 aromatic rings. The molecule has 0 fully saturated rings. The standard InChI is InChI=1S/C19H42N6O2/c1-21-17-19(27)25-15-4-2-3-9-18(26)24-16-8-14-23-12-6-5-11-22-13-7-10-20/h21-23H,2-17,20H2,1H3,(H,24,26)(H,25,27). The largest absolute Gasteiger partial charge is 0.356 e. The van der Waals surface area contributed by atoms with Crippen LogP contribution in [0.3, 0.4) is 0 Å². The van der Waals surface area contributed by atoms with Crippen LogP contribution in [0.1, 0.15) is 51.4 Å². The molecule has 0 bridgehead atoms. The molecule has 0 rings (SSSR count). The summed E-state index contributed by atoms with van der Waals surface area (Å²) in [7, 11) is 1.75. The first-order valence-electron chi connectivity index (χ1n) is 10.5. The van der Waals surface area contributed by atoms with Gasteiger partial charge in [-0.25, -0.2) is 0 Å². The van der Waals surface area contributed by atoms with Gasteiger partial charge in [0.15, 0.2) is 0 Å². The van der Waals surface area contributed by atoms with Crippen LogP contribution in [-0.4, -0.2) is 71.2 Å². The second-order valence-electron chi connectivity index (χ2n) is 6.74. The summed E-state index contributed by atoms with van der Waals surface area (Å²) in [4.78, 5) is 23.0. The van der Waals surface area contributed by atoms with Crippen LogP contribution in [0.15, 0.2) is 0 Å². The number of carbonyl (C=O) groups excluding carboxylic acids is 2. The molecule has 0 aliphatic carbocycles. The fourth-order valence-corrected chi connectivity index (χ4v) is 2.54. The van der Waals surface area contributed by atoms with Gasteiger partial charge < -0.3 is 32.3 Å². The number of hydrogen-bond acceptors (Lipinski definition) is 6. The minimum absolute atomic E-state index is 0.0167. The fourth-order valence-electron chi connectivity index (χ4n) is 2.54. The molecule has 0 atom stereocenters. The monoisotopic (exact) mass is 386 g/mol. The summed E-state index contributed by atoms with van der Waals surface area (Å²) in [5.41, 5.74) is 5.44. The Morgan fingerprint density at radius 1 is 0.667 bits per heavy atom. The van der Waals surface area contributed by atoms with Gasteiger partial charge in [0.25, 0.3) is 0 Å². The summed E-state index contributed by atoms with van der Waals surface area (Å²) in [6, 6.07) is 0. The summed E-state index contributed by atoms with van der Waals surface area (Å²) < 4.78 is 0. The molecule has 0 aliphatic rings. The van der Waals surface area contributed by atoms with Gasteiger partial charge in [-0.05, 0) is 78.3 Å². The molecule has 0 aromatic carbocycles. The van der Waals surface area contributed by atoms with Crippen LogP contribution in [0, 0.1) is 0 Å². The van der Waals surface area contributed by atoms with Crippen molar-refractivity contribution in [1.29, 1.82) is 0 Å². The molecule has 0 heterocycles. The van der Waals surface area contributed by atoms with E-state index < -0.39 is 0 Å². The van der Waals surface area contributed by atoms with Gasteiger partial charge in [0, 0.05) is 19.5 Å². The van der Waals surface area contributed by atoms with Crippen molar-refractivity contribution in [2.24, 2.45) is 5.73 Å². The fraction of sp³-hybridized carbons (Fsp3) is 0.895. The number of nitrogens with two attached hydrogens (primary N) is 1. The number of carbonyl (C=O) groups is 2. The zero-order valence-corrected chi connectivity index (χ0v) is 17.2. The summed E-state index contributed by atoms with van der Waals surface area (Å²) in [5.74, 6) is 0.140. The lowest BCUT2D eigenvalue weighted by molar-refractivity contribution is -0.121. The van der Waals surface area contributed by atoms with Crippen molar-refractivity contribution in [1.82, 2.24) is 26.6 Å². The summed E-state index contributed by atoms with van der Waals surface area (Å²) in [5, 5.41) is 15.4. The molecule has 0 radical (unpaired) electrons. The number of likely N-dealkylation sites (N-methyl/N-ethyl adjacent to an activating group) is 1. The van der Waals surface area contributed by atoms with E-state index in [-0.39, 0.29) is 11.8 Å². The van der Waals surface area contributed by atoms with Gasteiger partial charge >= 0.3 is 0 Å². The molecule has 2 amide bonds. The van der Waals surface area contributed by atoms with E-state index in [0.717, 1.165) is 77.8 Å². The molecular weight excluding hydrogens is 344 g/mol. The first-order chi connectivity index (χ1) is 13.2. The molecule has 0 unspecified atom stereocenters. The van der Waals surface area contributed by atoms with Gasteiger partial charge in [-0.1, -0.05) is 6.42 Å². The number of rotatable bonds is 20. The second-order valence-corrected chi connectivity index (χ2v) is 6.74. The molecule has 8 nitrogen and oxygen atoms in total. The Kier molecular flexibility index (Phi) is 20.1. The molecular formula is C19H42N6O2. The van der Waals surface area contributed by atoms with Gasteiger partial charge in [0.2, 0.25) is 11.8 Å². The third kappa shape index (κ3) is 20.9. The van der Waals surface area contributed by atoms with Crippen molar-refractivity contribution < 1.29 is 9.59 Å². The molecule has 0 saturated carbocycles. The smallest absolute Gasteiger partial charge is 0.233 e. The highest BCUT2D eigenvalue weighted by molar-refractivity contribution is 5.77. The minimum Gasteiger partial charge on any atom is -0.356 e. The van der Waals surface area contributed by atoms with Crippen LogP contribution < -0.4 is 32.3 Å². The summed E-state index contributed by atoms with van der Waals surface area (Å²) in [6.07, 6.45) is 7.63. The molecule has 160 valence electrons. The lowest BCUT2D eigenvalue weighted by atomic mass is 10.2. The predicted octanol–water partition coefficient (Wildman–Crippen LogP) is -0.303. The van der Waals surface area contributed by atoms with Crippen LogP contribution in [0.5, 0.6) is 0 Å². The minimum atomic E-state index is 0.0167. The summed E-state index contributed by atoms with van der Waals surface area (Å²) >= 11 is 0. The van der Waals surface area contributed by atoms with Gasteiger partial charge in [-0.15, -0.1) is 0 Å². The van der Waals surface area contributed by atoms with Gasteiger partial charge in [0.1, 0.15) is 0 Å². The van der Waals surface area contributed by atoms with E-state index in [4.69, 9.17) is 5.73 Å². The molecule has 0 saturated heterocycles. The Bertz CT molecular complexity index is 355. The van der Waals surface area contributed by atoms with Crippen molar-refractivity contribution in [3.8, 4) is 0 Å². The maximum Gasteiger partial charge on any atom is 0.233 e. The van der Waals surface area contributed by atoms with Gasteiger partial charge in [0.05, 0.1) is 6.54 Å². The normalized spacial score (nSPS) is 10.7. The maximum absolute atomic E-state index is 11.7. The van der Waals surface area contributed by atoms with E-state index in [1.54, 1.807) is 7.05 Å². The van der Waals surface area contributed by atoms with E-state index in [0.29, 0.717) is 19.5 Å². The SMILES string of the molecule is CNCC(=O)NCCCCCC(=O)NCCCNCCCCNCCCN. The van der Waals surface area contributed by atoms with E-state index in [1.165, 1.54) is 6.42 Å². The average Bonchev–Trinajstić information content (AvgIpc) is 2.65. The molecule has 0 aromatic heterocycles. The zero-order chi connectivity index (χ0) is 20.0. The molecule has 8 heteroatoms. The number of hydrogen-bond donors (Lipinski definition) is 6. The van der Waals surface area contributed by atoms with Crippen molar-refractivity contribution in [3.63, 3.8) is 0 Å². The first kappa shape index (κ1) is 25.8. The Morgan fingerprint density at radius 2 is 1.22 bits per heavy atom. The first-order valence-corrected chi connectivity index (χ1v) is 10.5. The Hall–Kier alpha value is -1.22. The van der Waals surface area contributed by atoms with Crippen LogP contribution in [0.2, 0.25) is 0 Å². The highest BCUT2D eigenvalue weighted by Gasteiger charge is 2.01. The Morgan fingerprint density at radius 3 is 1.89 bits per heavy atom. The average molecular weight is 387 g/mol. The number of amides is 2. The Balaban J connectivity index is 3.20. The van der Waals surface area contributed by atoms with E-state index in [2.05, 4.69) is 26.6 Å². The van der Waals surface area contributed by atoms with E-state index in [1.807, 2.05) is 0 Å². The quantitative estimate of drug-likeness (QED) is 0.160. The predicted molar refractivity (Wildman–Crippen MR) is 112 cm³/mol. The van der Waals surface area contributed by atoms with Gasteiger partial charge in [-0.3, -0.25) is 9.59 Å². The lowest BCUT2D eigenvalue weighted by Crippen LogP contribution is -2.32. The van der Waals surface area contributed by atoms with Crippen molar-refractivity contribution in [3.05, 3.63) is 0 Å². The van der Waals surface area contributed by atoms with Gasteiger partial charge in [-0.2, -0.15) is 0 Å². The van der Waals surface area contributed by atoms with Crippen molar-refractivity contribution in [2.75, 3.05) is 59.4 Å². The number of unbranched alkanes of at least 4 members (excludes halogenated alkanes) is 3. The third-order valence-electron chi connectivity index (χ3n) is 4.11. The molecule has 27 heavy (non-hydrogen) atoms. The molecule has 7 N–H and O–H groups in total. The van der Waals surface area contributed by atoms with Crippen molar-refractivity contribution >= 4 is 11.8 Å².